The highest BCUT2D eigenvalue weighted by molar-refractivity contribution is 5.98. The van der Waals surface area contributed by atoms with Crippen LogP contribution < -0.4 is 15.6 Å². The second-order valence-electron chi connectivity index (χ2n) is 5.69. The van der Waals surface area contributed by atoms with Gasteiger partial charge in [-0.3, -0.25) is 9.59 Å². The van der Waals surface area contributed by atoms with E-state index in [1.807, 2.05) is 20.8 Å². The largest absolute Gasteiger partial charge is 0.493 e. The monoisotopic (exact) mass is 292 g/mol. The van der Waals surface area contributed by atoms with Gasteiger partial charge in [-0.2, -0.15) is 0 Å². The molecule has 1 aromatic rings. The van der Waals surface area contributed by atoms with Gasteiger partial charge in [0.2, 0.25) is 0 Å². The maximum atomic E-state index is 12.5. The Morgan fingerprint density at radius 3 is 2.81 bits per heavy atom. The van der Waals surface area contributed by atoms with Crippen molar-refractivity contribution >= 4 is 5.91 Å². The highest BCUT2D eigenvalue weighted by atomic mass is 16.5. The number of nitrogens with one attached hydrogen (secondary N) is 1. The van der Waals surface area contributed by atoms with Crippen molar-refractivity contribution in [1.82, 2.24) is 9.88 Å². The normalized spacial score (nSPS) is 14.5. The van der Waals surface area contributed by atoms with E-state index in [0.717, 1.165) is 31.4 Å². The molecule has 0 radical (unpaired) electrons. The van der Waals surface area contributed by atoms with Crippen LogP contribution in [0.4, 0.5) is 0 Å². The van der Waals surface area contributed by atoms with Crippen LogP contribution in [0.2, 0.25) is 0 Å². The lowest BCUT2D eigenvalue weighted by atomic mass is 10.1. The lowest BCUT2D eigenvalue weighted by Gasteiger charge is -2.19. The molecule has 0 unspecified atom stereocenters. The van der Waals surface area contributed by atoms with E-state index >= 15 is 0 Å². The number of carbonyl (C=O) groups is 1. The standard InChI is InChI=1S/C16H24N2O3/c1-4-21-13-10-14(19)18-9-7-5-6-8-12(18)15(13)16(20)17-11(2)3/h10-11H,4-9H2,1-3H3,(H,17,20). The molecule has 0 saturated heterocycles. The zero-order valence-corrected chi connectivity index (χ0v) is 13.1. The van der Waals surface area contributed by atoms with Gasteiger partial charge >= 0.3 is 0 Å². The van der Waals surface area contributed by atoms with Crippen LogP contribution in [0.15, 0.2) is 10.9 Å². The summed E-state index contributed by atoms with van der Waals surface area (Å²) in [5, 5.41) is 2.91. The van der Waals surface area contributed by atoms with Gasteiger partial charge in [0, 0.05) is 24.3 Å². The van der Waals surface area contributed by atoms with Gasteiger partial charge in [-0.05, 0) is 40.0 Å². The average Bonchev–Trinajstić information content (AvgIpc) is 2.64. The molecule has 1 aromatic heterocycles. The van der Waals surface area contributed by atoms with Crippen molar-refractivity contribution in [2.24, 2.45) is 0 Å². The number of nitrogens with zero attached hydrogens (tertiary/aromatic N) is 1. The molecule has 0 bridgehead atoms. The van der Waals surface area contributed by atoms with Crippen molar-refractivity contribution in [2.75, 3.05) is 6.61 Å². The summed E-state index contributed by atoms with van der Waals surface area (Å²) in [4.78, 5) is 24.8. The Labute approximate surface area is 125 Å². The second kappa shape index (κ2) is 6.78. The summed E-state index contributed by atoms with van der Waals surface area (Å²) in [6.45, 7) is 6.82. The molecule has 5 heteroatoms. The fourth-order valence-electron chi connectivity index (χ4n) is 2.76. The molecule has 21 heavy (non-hydrogen) atoms. The fraction of sp³-hybridized carbons (Fsp3) is 0.625. The number of rotatable bonds is 4. The van der Waals surface area contributed by atoms with E-state index in [-0.39, 0.29) is 17.5 Å². The molecule has 0 aliphatic carbocycles. The fourth-order valence-corrected chi connectivity index (χ4v) is 2.76. The van der Waals surface area contributed by atoms with Crippen molar-refractivity contribution in [3.8, 4) is 5.75 Å². The molecule has 2 rings (SSSR count). The van der Waals surface area contributed by atoms with E-state index in [9.17, 15) is 9.59 Å². The van der Waals surface area contributed by atoms with Crippen LogP contribution in [0.5, 0.6) is 5.75 Å². The van der Waals surface area contributed by atoms with Gasteiger partial charge in [-0.1, -0.05) is 6.42 Å². The SMILES string of the molecule is CCOc1cc(=O)n2c(c1C(=O)NC(C)C)CCCCC2. The van der Waals surface area contributed by atoms with Gasteiger partial charge in [0.1, 0.15) is 11.3 Å². The van der Waals surface area contributed by atoms with Gasteiger partial charge in [0.15, 0.2) is 0 Å². The average molecular weight is 292 g/mol. The Bertz CT molecular complexity index is 576. The maximum absolute atomic E-state index is 12.5. The lowest BCUT2D eigenvalue weighted by molar-refractivity contribution is 0.0937. The van der Waals surface area contributed by atoms with Gasteiger partial charge < -0.3 is 14.6 Å². The molecule has 0 fully saturated rings. The molecule has 0 saturated carbocycles. The zero-order valence-electron chi connectivity index (χ0n) is 13.1. The number of aromatic nitrogens is 1. The zero-order chi connectivity index (χ0) is 15.4. The van der Waals surface area contributed by atoms with E-state index in [4.69, 9.17) is 4.74 Å². The number of amides is 1. The summed E-state index contributed by atoms with van der Waals surface area (Å²) < 4.78 is 7.29. The summed E-state index contributed by atoms with van der Waals surface area (Å²) in [6, 6.07) is 1.50. The third-order valence-electron chi connectivity index (χ3n) is 3.62. The highest BCUT2D eigenvalue weighted by Crippen LogP contribution is 2.25. The molecule has 0 spiro atoms. The summed E-state index contributed by atoms with van der Waals surface area (Å²) in [7, 11) is 0. The van der Waals surface area contributed by atoms with Gasteiger partial charge in [0.25, 0.3) is 11.5 Å². The predicted molar refractivity (Wildman–Crippen MR) is 82.0 cm³/mol. The molecule has 116 valence electrons. The Morgan fingerprint density at radius 2 is 2.14 bits per heavy atom. The minimum Gasteiger partial charge on any atom is -0.493 e. The number of hydrogen-bond donors (Lipinski definition) is 1. The van der Waals surface area contributed by atoms with E-state index in [2.05, 4.69) is 5.32 Å². The Morgan fingerprint density at radius 1 is 1.38 bits per heavy atom. The number of fused-ring (bicyclic) bond motifs is 1. The van der Waals surface area contributed by atoms with Crippen molar-refractivity contribution in [2.45, 2.75) is 59.0 Å². The molecule has 1 N–H and O–H groups in total. The number of pyridine rings is 1. The molecule has 0 atom stereocenters. The van der Waals surface area contributed by atoms with Gasteiger partial charge in [-0.25, -0.2) is 0 Å². The minimum absolute atomic E-state index is 0.0466. The highest BCUT2D eigenvalue weighted by Gasteiger charge is 2.23. The third kappa shape index (κ3) is 3.46. The van der Waals surface area contributed by atoms with E-state index in [1.54, 1.807) is 4.57 Å². The number of hydrogen-bond acceptors (Lipinski definition) is 3. The number of ether oxygens (including phenoxy) is 1. The van der Waals surface area contributed by atoms with Crippen molar-refractivity contribution < 1.29 is 9.53 Å². The van der Waals surface area contributed by atoms with Crippen LogP contribution in [-0.2, 0) is 13.0 Å². The van der Waals surface area contributed by atoms with Crippen molar-refractivity contribution in [1.29, 1.82) is 0 Å². The molecule has 1 amide bonds. The first-order chi connectivity index (χ1) is 10.0. The Hall–Kier alpha value is -1.78. The summed E-state index contributed by atoms with van der Waals surface area (Å²) in [5.41, 5.74) is 1.28. The molecular weight excluding hydrogens is 268 g/mol. The Balaban J connectivity index is 2.57. The van der Waals surface area contributed by atoms with Crippen LogP contribution in [0.25, 0.3) is 0 Å². The Kier molecular flexibility index (Phi) is 5.04. The van der Waals surface area contributed by atoms with Crippen LogP contribution in [0.3, 0.4) is 0 Å². The van der Waals surface area contributed by atoms with Crippen molar-refractivity contribution in [3.05, 3.63) is 27.7 Å². The molecule has 5 nitrogen and oxygen atoms in total. The van der Waals surface area contributed by atoms with Crippen molar-refractivity contribution in [3.63, 3.8) is 0 Å². The topological polar surface area (TPSA) is 60.3 Å². The van der Waals surface area contributed by atoms with E-state index in [0.29, 0.717) is 24.5 Å². The van der Waals surface area contributed by atoms with E-state index < -0.39 is 0 Å². The second-order valence-corrected chi connectivity index (χ2v) is 5.69. The first kappa shape index (κ1) is 15.6. The minimum atomic E-state index is -0.154. The van der Waals surface area contributed by atoms with Crippen LogP contribution in [0.1, 0.15) is 56.1 Å². The number of carbonyl (C=O) groups excluding carboxylic acids is 1. The van der Waals surface area contributed by atoms with E-state index in [1.165, 1.54) is 6.07 Å². The molecular formula is C16H24N2O3. The van der Waals surface area contributed by atoms with Crippen LogP contribution in [0, 0.1) is 0 Å². The van der Waals surface area contributed by atoms with Crippen LogP contribution in [-0.4, -0.2) is 23.1 Å². The smallest absolute Gasteiger partial charge is 0.257 e. The first-order valence-corrected chi connectivity index (χ1v) is 7.75. The maximum Gasteiger partial charge on any atom is 0.257 e. The predicted octanol–water partition coefficient (Wildman–Crippen LogP) is 2.11. The quantitative estimate of drug-likeness (QED) is 0.924. The molecule has 0 aromatic carbocycles. The third-order valence-corrected chi connectivity index (χ3v) is 3.62. The lowest BCUT2D eigenvalue weighted by Crippen LogP contribution is -2.34. The van der Waals surface area contributed by atoms with Gasteiger partial charge in [0.05, 0.1) is 6.61 Å². The summed E-state index contributed by atoms with van der Waals surface area (Å²) >= 11 is 0. The molecule has 1 aliphatic heterocycles. The summed E-state index contributed by atoms with van der Waals surface area (Å²) in [6.07, 6.45) is 3.80. The van der Waals surface area contributed by atoms with Crippen LogP contribution >= 0.6 is 0 Å². The first-order valence-electron chi connectivity index (χ1n) is 7.75. The molecule has 2 heterocycles. The molecule has 1 aliphatic rings. The summed E-state index contributed by atoms with van der Waals surface area (Å²) in [5.74, 6) is 0.257. The van der Waals surface area contributed by atoms with Gasteiger partial charge in [-0.15, -0.1) is 0 Å².